The van der Waals surface area contributed by atoms with Crippen molar-refractivity contribution in [3.05, 3.63) is 46.9 Å². The van der Waals surface area contributed by atoms with Crippen molar-refractivity contribution in [2.24, 2.45) is 0 Å². The molecule has 0 aliphatic carbocycles. The molecule has 4 aromatic rings. The summed E-state index contributed by atoms with van der Waals surface area (Å²) in [6.45, 7) is 6.21. The molecule has 0 saturated carbocycles. The van der Waals surface area contributed by atoms with Crippen LogP contribution in [0.2, 0.25) is 5.02 Å². The van der Waals surface area contributed by atoms with Gasteiger partial charge in [0.25, 0.3) is 0 Å². The summed E-state index contributed by atoms with van der Waals surface area (Å²) >= 11 is 6.42. The lowest BCUT2D eigenvalue weighted by molar-refractivity contribution is 0.320. The number of hydrogen-bond donors (Lipinski definition) is 0. The molecule has 0 aliphatic heterocycles. The first-order valence-electron chi connectivity index (χ1n) is 12.0. The highest BCUT2D eigenvalue weighted by atomic mass is 35.5. The van der Waals surface area contributed by atoms with E-state index < -0.39 is 0 Å². The lowest BCUT2D eigenvalue weighted by atomic mass is 10.0. The van der Waals surface area contributed by atoms with Gasteiger partial charge in [0.1, 0.15) is 17.3 Å². The number of nitrogens with zero attached hydrogens (tertiary/aromatic N) is 4. The second-order valence-corrected chi connectivity index (χ2v) is 8.79. The Morgan fingerprint density at radius 3 is 2.05 bits per heavy atom. The molecule has 0 aliphatic rings. The molecule has 0 bridgehead atoms. The first kappa shape index (κ1) is 26.3. The van der Waals surface area contributed by atoms with Crippen molar-refractivity contribution in [1.29, 1.82) is 0 Å². The van der Waals surface area contributed by atoms with E-state index in [4.69, 9.17) is 50.4 Å². The maximum atomic E-state index is 6.42. The molecule has 2 aromatic carbocycles. The topological polar surface area (TPSA) is 89.2 Å². The van der Waals surface area contributed by atoms with E-state index in [2.05, 4.69) is 13.8 Å². The molecule has 4 rings (SSSR count). The van der Waals surface area contributed by atoms with Crippen LogP contribution in [0.4, 0.5) is 0 Å². The molecule has 0 unspecified atom stereocenters. The first-order chi connectivity index (χ1) is 17.9. The number of aromatic nitrogens is 4. The molecule has 2 heterocycles. The second kappa shape index (κ2) is 11.1. The largest absolute Gasteiger partial charge is 0.495 e. The number of ether oxygens (including phenoxy) is 5. The third-order valence-corrected chi connectivity index (χ3v) is 6.57. The van der Waals surface area contributed by atoms with Crippen LogP contribution in [0, 0.1) is 6.92 Å². The number of hydrogen-bond acceptors (Lipinski definition) is 8. The molecule has 0 radical (unpaired) electrons. The lowest BCUT2D eigenvalue weighted by Gasteiger charge is -2.16. The Labute approximate surface area is 221 Å². The molecule has 0 atom stereocenters. The zero-order chi connectivity index (χ0) is 26.7. The van der Waals surface area contributed by atoms with Gasteiger partial charge in [0.05, 0.1) is 39.2 Å². The summed E-state index contributed by atoms with van der Waals surface area (Å²) < 4.78 is 30.0. The predicted molar refractivity (Wildman–Crippen MR) is 142 cm³/mol. The highest BCUT2D eigenvalue weighted by Gasteiger charge is 2.24. The number of methoxy groups -OCH3 is 4. The molecule has 0 amide bonds. The van der Waals surface area contributed by atoms with E-state index in [9.17, 15) is 0 Å². The van der Waals surface area contributed by atoms with Gasteiger partial charge in [-0.3, -0.25) is 0 Å². The normalized spacial score (nSPS) is 11.2. The predicted octanol–water partition coefficient (Wildman–Crippen LogP) is 6.48. The maximum absolute atomic E-state index is 6.42. The fraction of sp³-hybridized carbons (Fsp3) is 0.370. The van der Waals surface area contributed by atoms with Gasteiger partial charge in [0.15, 0.2) is 22.8 Å². The number of imidazole rings is 1. The van der Waals surface area contributed by atoms with Crippen LogP contribution in [0.15, 0.2) is 30.3 Å². The summed E-state index contributed by atoms with van der Waals surface area (Å²) in [7, 11) is 6.23. The fourth-order valence-electron chi connectivity index (χ4n) is 4.30. The zero-order valence-electron chi connectivity index (χ0n) is 22.1. The number of rotatable bonds is 10. The highest BCUT2D eigenvalue weighted by molar-refractivity contribution is 6.32. The van der Waals surface area contributed by atoms with Crippen LogP contribution >= 0.6 is 11.6 Å². The third-order valence-electron chi connectivity index (χ3n) is 6.27. The summed E-state index contributed by atoms with van der Waals surface area (Å²) in [5.41, 5.74) is 2.16. The summed E-state index contributed by atoms with van der Waals surface area (Å²) in [5, 5.41) is 5.33. The van der Waals surface area contributed by atoms with Crippen molar-refractivity contribution in [3.8, 4) is 46.0 Å². The van der Waals surface area contributed by atoms with Gasteiger partial charge in [0.2, 0.25) is 11.6 Å². The van der Waals surface area contributed by atoms with Crippen molar-refractivity contribution in [2.45, 2.75) is 39.5 Å². The first-order valence-corrected chi connectivity index (χ1v) is 12.4. The molecule has 9 nitrogen and oxygen atoms in total. The molecule has 196 valence electrons. The van der Waals surface area contributed by atoms with Crippen LogP contribution in [0.3, 0.4) is 0 Å². The SMILES string of the molecule is CCC(CC)c1nc(C)c2c(Oc3cc(OC)c(OC)c(OC)c3)nc(-c3ccc(OC)c(Cl)c3)nn12. The van der Waals surface area contributed by atoms with Gasteiger partial charge in [-0.25, -0.2) is 9.50 Å². The molecule has 37 heavy (non-hydrogen) atoms. The summed E-state index contributed by atoms with van der Waals surface area (Å²) in [5.74, 6) is 4.27. The van der Waals surface area contributed by atoms with E-state index in [-0.39, 0.29) is 5.92 Å². The minimum absolute atomic E-state index is 0.220. The Morgan fingerprint density at radius 2 is 1.51 bits per heavy atom. The van der Waals surface area contributed by atoms with Crippen molar-refractivity contribution >= 4 is 17.1 Å². The zero-order valence-corrected chi connectivity index (χ0v) is 22.8. The van der Waals surface area contributed by atoms with E-state index in [1.54, 1.807) is 52.7 Å². The molecule has 0 spiro atoms. The Morgan fingerprint density at radius 1 is 0.865 bits per heavy atom. The smallest absolute Gasteiger partial charge is 0.249 e. The van der Waals surface area contributed by atoms with Crippen LogP contribution in [-0.2, 0) is 0 Å². The molecule has 0 saturated heterocycles. The molecule has 0 fully saturated rings. The second-order valence-electron chi connectivity index (χ2n) is 8.38. The van der Waals surface area contributed by atoms with E-state index in [0.717, 1.165) is 24.4 Å². The van der Waals surface area contributed by atoms with Crippen molar-refractivity contribution in [2.75, 3.05) is 28.4 Å². The third kappa shape index (κ3) is 4.96. The fourth-order valence-corrected chi connectivity index (χ4v) is 4.55. The molecule has 10 heteroatoms. The van der Waals surface area contributed by atoms with Gasteiger partial charge < -0.3 is 23.7 Å². The number of fused-ring (bicyclic) bond motifs is 1. The van der Waals surface area contributed by atoms with Crippen molar-refractivity contribution in [1.82, 2.24) is 19.6 Å². The van der Waals surface area contributed by atoms with Gasteiger partial charge in [-0.15, -0.1) is 5.10 Å². The highest BCUT2D eigenvalue weighted by Crippen LogP contribution is 2.43. The van der Waals surface area contributed by atoms with Crippen molar-refractivity contribution in [3.63, 3.8) is 0 Å². The van der Waals surface area contributed by atoms with Crippen LogP contribution in [0.25, 0.3) is 16.9 Å². The Kier molecular flexibility index (Phi) is 7.92. The van der Waals surface area contributed by atoms with E-state index in [1.807, 2.05) is 17.5 Å². The standard InChI is InChI=1S/C27H31ClN4O5/c1-8-16(9-2)26-29-15(3)23-27(37-18-13-21(34-5)24(36-7)22(14-18)35-6)30-25(31-32(23)26)17-10-11-20(33-4)19(28)12-17/h10-14,16H,8-9H2,1-7H3. The maximum Gasteiger partial charge on any atom is 0.249 e. The summed E-state index contributed by atoms with van der Waals surface area (Å²) in [4.78, 5) is 9.67. The van der Waals surface area contributed by atoms with Gasteiger partial charge in [-0.1, -0.05) is 25.4 Å². The molecule has 0 N–H and O–H groups in total. The van der Waals surface area contributed by atoms with Crippen LogP contribution in [0.1, 0.15) is 44.1 Å². The minimum Gasteiger partial charge on any atom is -0.495 e. The lowest BCUT2D eigenvalue weighted by Crippen LogP contribution is -2.08. The molecular formula is C27H31ClN4O5. The quantitative estimate of drug-likeness (QED) is 0.232. The number of aryl methyl sites for hydroxylation is 1. The van der Waals surface area contributed by atoms with Gasteiger partial charge in [0, 0.05) is 23.6 Å². The summed E-state index contributed by atoms with van der Waals surface area (Å²) in [6, 6.07) is 8.85. The molecular weight excluding hydrogens is 496 g/mol. The molecule has 2 aromatic heterocycles. The average molecular weight is 527 g/mol. The van der Waals surface area contributed by atoms with Crippen LogP contribution in [-0.4, -0.2) is 48.0 Å². The Hall–Kier alpha value is -3.72. The van der Waals surface area contributed by atoms with E-state index >= 15 is 0 Å². The van der Waals surface area contributed by atoms with Crippen LogP contribution < -0.4 is 23.7 Å². The minimum atomic E-state index is 0.220. The number of benzene rings is 2. The Bertz CT molecular complexity index is 1390. The number of halogens is 1. The van der Waals surface area contributed by atoms with E-state index in [0.29, 0.717) is 56.6 Å². The monoisotopic (exact) mass is 526 g/mol. The van der Waals surface area contributed by atoms with Crippen molar-refractivity contribution < 1.29 is 23.7 Å². The summed E-state index contributed by atoms with van der Waals surface area (Å²) in [6.07, 6.45) is 1.84. The van der Waals surface area contributed by atoms with Gasteiger partial charge in [-0.05, 0) is 38.0 Å². The Balaban J connectivity index is 1.95. The van der Waals surface area contributed by atoms with Crippen LogP contribution in [0.5, 0.6) is 34.6 Å². The van der Waals surface area contributed by atoms with Gasteiger partial charge in [-0.2, -0.15) is 4.98 Å². The van der Waals surface area contributed by atoms with Gasteiger partial charge >= 0.3 is 0 Å². The average Bonchev–Trinajstić information content (AvgIpc) is 3.24. The van der Waals surface area contributed by atoms with E-state index in [1.165, 1.54) is 0 Å².